The maximum absolute atomic E-state index is 14.6. The average molecular weight is 859 g/mol. The summed E-state index contributed by atoms with van der Waals surface area (Å²) in [4.78, 5) is 73.9. The molecule has 340 valence electrons. The lowest BCUT2D eigenvalue weighted by molar-refractivity contribution is -0.134. The summed E-state index contributed by atoms with van der Waals surface area (Å²) in [6, 6.07) is 18.0. The third kappa shape index (κ3) is 16.4. The highest BCUT2D eigenvalue weighted by Gasteiger charge is 2.49. The lowest BCUT2D eigenvalue weighted by Crippen LogP contribution is -2.51. The predicted octanol–water partition coefficient (Wildman–Crippen LogP) is 4.00. The zero-order valence-electron chi connectivity index (χ0n) is 37.6. The molecule has 3 amide bonds. The third-order valence-electron chi connectivity index (χ3n) is 11.8. The fourth-order valence-electron chi connectivity index (χ4n) is 8.17. The highest BCUT2D eigenvalue weighted by Crippen LogP contribution is 2.31. The van der Waals surface area contributed by atoms with E-state index < -0.39 is 29.5 Å². The molecule has 0 radical (unpaired) electrons. The number of rotatable bonds is 25. The minimum atomic E-state index is -0.855. The molecule has 5 atom stereocenters. The van der Waals surface area contributed by atoms with Gasteiger partial charge < -0.3 is 24.8 Å². The molecule has 3 heterocycles. The molecule has 2 aromatic rings. The first-order valence-electron chi connectivity index (χ1n) is 22.6. The van der Waals surface area contributed by atoms with Crippen molar-refractivity contribution in [3.05, 3.63) is 71.8 Å². The van der Waals surface area contributed by atoms with Crippen LogP contribution in [0.1, 0.15) is 77.8 Å². The molecule has 0 aliphatic carbocycles. The predicted molar refractivity (Wildman–Crippen MR) is 238 cm³/mol. The lowest BCUT2D eigenvalue weighted by atomic mass is 9.87. The minimum Gasteiger partial charge on any atom is -0.379 e. The van der Waals surface area contributed by atoms with Crippen molar-refractivity contribution in [1.82, 2.24) is 25.9 Å². The molecule has 5 rings (SSSR count). The molecule has 3 aliphatic rings. The van der Waals surface area contributed by atoms with E-state index in [0.717, 1.165) is 11.1 Å². The number of epoxide rings is 1. The van der Waals surface area contributed by atoms with Crippen molar-refractivity contribution < 1.29 is 38.2 Å². The molecule has 62 heavy (non-hydrogen) atoms. The number of hydrogen-bond acceptors (Lipinski definition) is 11. The molecule has 3 saturated heterocycles. The second-order valence-corrected chi connectivity index (χ2v) is 18.2. The van der Waals surface area contributed by atoms with Gasteiger partial charge in [-0.3, -0.25) is 33.8 Å². The number of aryl methyl sites for hydroxylation is 1. The van der Waals surface area contributed by atoms with Gasteiger partial charge in [0.2, 0.25) is 11.8 Å². The average Bonchev–Trinajstić information content (AvgIpc) is 4.00. The number of carbonyl (C=O) groups excluding carboxylic acids is 5. The van der Waals surface area contributed by atoms with Gasteiger partial charge in [-0.2, -0.15) is 5.10 Å². The van der Waals surface area contributed by atoms with E-state index in [1.807, 2.05) is 86.3 Å². The highest BCUT2D eigenvalue weighted by atomic mass is 16.6. The summed E-state index contributed by atoms with van der Waals surface area (Å²) >= 11 is 0. The number of ether oxygens (including phenoxy) is 3. The fourth-order valence-corrected chi connectivity index (χ4v) is 8.17. The van der Waals surface area contributed by atoms with Gasteiger partial charge in [-0.15, -0.1) is 0 Å². The van der Waals surface area contributed by atoms with Crippen LogP contribution in [0.2, 0.25) is 0 Å². The number of benzene rings is 2. The summed E-state index contributed by atoms with van der Waals surface area (Å²) in [5.74, 6) is -2.39. The Morgan fingerprint density at radius 3 is 1.77 bits per heavy atom. The molecule has 3 aliphatic heterocycles. The van der Waals surface area contributed by atoms with Crippen molar-refractivity contribution in [3.8, 4) is 0 Å². The Kier molecular flexibility index (Phi) is 19.2. The van der Waals surface area contributed by atoms with E-state index in [0.29, 0.717) is 97.0 Å². The van der Waals surface area contributed by atoms with Crippen LogP contribution < -0.4 is 16.1 Å². The van der Waals surface area contributed by atoms with Crippen molar-refractivity contribution in [3.63, 3.8) is 0 Å². The van der Waals surface area contributed by atoms with Crippen LogP contribution in [0.4, 0.5) is 0 Å². The first-order chi connectivity index (χ1) is 29.8. The smallest absolute Gasteiger partial charge is 0.254 e. The van der Waals surface area contributed by atoms with E-state index in [-0.39, 0.29) is 67.1 Å². The molecule has 0 aromatic heterocycles. The van der Waals surface area contributed by atoms with Gasteiger partial charge in [0.25, 0.3) is 5.91 Å². The number of hydrogen-bond donors (Lipinski definition) is 3. The molecular weight excluding hydrogens is 789 g/mol. The van der Waals surface area contributed by atoms with Crippen LogP contribution in [0, 0.1) is 23.7 Å². The standard InChI is InChI=1S/C48H70N6O8/c1-34(2)26-41(49-46(58)38(17-16-36-12-8-6-9-13-36)29-40(55)31-53-18-22-60-23-19-53)43(56)30-39(28-37-14-10-7-11-15-37)47(59)50-42(27-35(3)4)45(48(5)33-62-48)52-51-44(57)32-54-20-24-61-25-21-54/h6-15,34-35,38-39,41-42H,16-33H2,1-5H3,(H,49,58)(H,50,59)(H,51,57)/b52-45-/t38-,39-,41+,42+,48-/m1/s1. The summed E-state index contributed by atoms with van der Waals surface area (Å²) in [7, 11) is 0. The van der Waals surface area contributed by atoms with E-state index >= 15 is 0 Å². The number of morpholine rings is 2. The Labute approximate surface area is 368 Å². The first-order valence-corrected chi connectivity index (χ1v) is 22.6. The number of carbonyl (C=O) groups is 5. The summed E-state index contributed by atoms with van der Waals surface area (Å²) in [6.07, 6.45) is 2.20. The van der Waals surface area contributed by atoms with E-state index in [1.54, 1.807) is 0 Å². The van der Waals surface area contributed by atoms with Gasteiger partial charge in [0.05, 0.1) is 63.9 Å². The molecule has 14 heteroatoms. The van der Waals surface area contributed by atoms with Gasteiger partial charge in [-0.1, -0.05) is 88.4 Å². The van der Waals surface area contributed by atoms with Crippen molar-refractivity contribution in [2.24, 2.45) is 28.8 Å². The topological polar surface area (TPSA) is 171 Å². The van der Waals surface area contributed by atoms with Crippen LogP contribution >= 0.6 is 0 Å². The number of ketones is 2. The Morgan fingerprint density at radius 1 is 0.694 bits per heavy atom. The molecular formula is C48H70N6O8. The van der Waals surface area contributed by atoms with Crippen molar-refractivity contribution in [2.75, 3.05) is 72.3 Å². The molecule has 3 fully saturated rings. The summed E-state index contributed by atoms with van der Waals surface area (Å²) in [5, 5.41) is 10.9. The van der Waals surface area contributed by atoms with Crippen LogP contribution in [-0.2, 0) is 51.0 Å². The maximum Gasteiger partial charge on any atom is 0.254 e. The number of Topliss-reactive ketones (excluding diaryl/α,β-unsaturated/α-hetero) is 2. The second kappa shape index (κ2) is 24.5. The second-order valence-electron chi connectivity index (χ2n) is 18.2. The van der Waals surface area contributed by atoms with Crippen LogP contribution in [0.5, 0.6) is 0 Å². The Balaban J connectivity index is 1.34. The van der Waals surface area contributed by atoms with Crippen LogP contribution in [0.25, 0.3) is 0 Å². The van der Waals surface area contributed by atoms with Crippen LogP contribution in [-0.4, -0.2) is 135 Å². The number of hydrazone groups is 1. The van der Waals surface area contributed by atoms with Crippen molar-refractivity contribution in [1.29, 1.82) is 0 Å². The first kappa shape index (κ1) is 48.7. The van der Waals surface area contributed by atoms with E-state index in [9.17, 15) is 24.0 Å². The van der Waals surface area contributed by atoms with E-state index in [4.69, 9.17) is 14.2 Å². The summed E-state index contributed by atoms with van der Waals surface area (Å²) in [5.41, 5.74) is 4.45. The normalized spacial score (nSPS) is 20.5. The SMILES string of the molecule is CC(C)C[C@H](NC(=O)[C@H](CCc1ccccc1)CC(=O)CN1CCOCC1)C(=O)C[C@@H](Cc1ccccc1)C(=O)N[C@@H](CC(C)C)/C(=N/NC(=O)CN1CCOCC1)[C@@]1(C)CO1. The number of amides is 3. The van der Waals surface area contributed by atoms with E-state index in [2.05, 4.69) is 39.9 Å². The molecule has 0 spiro atoms. The van der Waals surface area contributed by atoms with Crippen LogP contribution in [0.15, 0.2) is 65.8 Å². The zero-order chi connectivity index (χ0) is 44.5. The Morgan fingerprint density at radius 2 is 1.21 bits per heavy atom. The van der Waals surface area contributed by atoms with Gasteiger partial charge in [-0.05, 0) is 62.0 Å². The van der Waals surface area contributed by atoms with Crippen molar-refractivity contribution in [2.45, 2.75) is 97.2 Å². The van der Waals surface area contributed by atoms with Crippen molar-refractivity contribution >= 4 is 35.0 Å². The third-order valence-corrected chi connectivity index (χ3v) is 11.8. The monoisotopic (exact) mass is 859 g/mol. The highest BCUT2D eigenvalue weighted by molar-refractivity contribution is 6.02. The molecule has 3 N–H and O–H groups in total. The van der Waals surface area contributed by atoms with Gasteiger partial charge in [0.1, 0.15) is 11.4 Å². The van der Waals surface area contributed by atoms with Gasteiger partial charge in [0.15, 0.2) is 5.78 Å². The zero-order valence-corrected chi connectivity index (χ0v) is 37.6. The minimum absolute atomic E-state index is 0.0209. The van der Waals surface area contributed by atoms with E-state index in [1.165, 1.54) is 0 Å². The largest absolute Gasteiger partial charge is 0.379 e. The Bertz CT molecular complexity index is 1770. The lowest BCUT2D eigenvalue weighted by Gasteiger charge is -2.29. The maximum atomic E-state index is 14.6. The van der Waals surface area contributed by atoms with Gasteiger partial charge in [-0.25, -0.2) is 5.43 Å². The molecule has 0 saturated carbocycles. The number of nitrogens with zero attached hydrogens (tertiary/aromatic N) is 3. The molecule has 2 aromatic carbocycles. The Hall–Kier alpha value is -4.34. The summed E-state index contributed by atoms with van der Waals surface area (Å²) < 4.78 is 16.7. The fraction of sp³-hybridized carbons (Fsp3) is 0.625. The van der Waals surface area contributed by atoms with Gasteiger partial charge >= 0.3 is 0 Å². The van der Waals surface area contributed by atoms with Gasteiger partial charge in [0, 0.05) is 50.9 Å². The van der Waals surface area contributed by atoms with Crippen LogP contribution in [0.3, 0.4) is 0 Å². The molecule has 0 unspecified atom stereocenters. The quantitative estimate of drug-likeness (QED) is 0.0754. The number of nitrogens with one attached hydrogen (secondary N) is 3. The molecule has 14 nitrogen and oxygen atoms in total. The summed E-state index contributed by atoms with van der Waals surface area (Å²) in [6.45, 7) is 15.7. The molecule has 0 bridgehead atoms.